The molecule has 0 spiro atoms. The largest absolute Gasteiger partial charge is 0.351 e. The molecule has 0 radical (unpaired) electrons. The smallest absolute Gasteiger partial charge is 0.270 e. The van der Waals surface area contributed by atoms with Gasteiger partial charge in [-0.1, -0.05) is 12.1 Å². The van der Waals surface area contributed by atoms with Crippen LogP contribution in [0, 0.1) is 0 Å². The third-order valence-corrected chi connectivity index (χ3v) is 5.53. The predicted molar refractivity (Wildman–Crippen MR) is 106 cm³/mol. The van der Waals surface area contributed by atoms with Gasteiger partial charge in [-0.05, 0) is 35.0 Å². The van der Waals surface area contributed by atoms with Crippen LogP contribution in [0.1, 0.15) is 39.2 Å². The minimum atomic E-state index is -0.155. The summed E-state index contributed by atoms with van der Waals surface area (Å²) in [6.07, 6.45) is 0.637. The van der Waals surface area contributed by atoms with Gasteiger partial charge in [-0.3, -0.25) is 14.3 Å². The van der Waals surface area contributed by atoms with Crippen LogP contribution in [0.2, 0.25) is 0 Å². The summed E-state index contributed by atoms with van der Waals surface area (Å²) in [6.45, 7) is 3.38. The number of carbonyl (C=O) groups excluding carboxylic acids is 2. The quantitative estimate of drug-likeness (QED) is 0.670. The van der Waals surface area contributed by atoms with Crippen LogP contribution in [0.4, 0.5) is 0 Å². The van der Waals surface area contributed by atoms with Crippen LogP contribution in [-0.4, -0.2) is 44.6 Å². The average molecular weight is 430 g/mol. The Morgan fingerprint density at radius 3 is 2.93 bits per heavy atom. The third-order valence-electron chi connectivity index (χ3n) is 4.87. The first-order valence-electron chi connectivity index (χ1n) is 8.89. The zero-order valence-electron chi connectivity index (χ0n) is 15.2. The summed E-state index contributed by atoms with van der Waals surface area (Å²) >= 11 is 3.51. The number of nitrogens with one attached hydrogen (secondary N) is 2. The van der Waals surface area contributed by atoms with Gasteiger partial charge in [0.25, 0.3) is 11.8 Å². The van der Waals surface area contributed by atoms with Gasteiger partial charge < -0.3 is 15.2 Å². The van der Waals surface area contributed by atoms with Gasteiger partial charge in [-0.15, -0.1) is 0 Å². The Kier molecular flexibility index (Phi) is 4.51. The molecule has 7 nitrogen and oxygen atoms in total. The van der Waals surface area contributed by atoms with E-state index in [4.69, 9.17) is 0 Å². The van der Waals surface area contributed by atoms with E-state index in [0.29, 0.717) is 37.4 Å². The van der Waals surface area contributed by atoms with Crippen molar-refractivity contribution in [3.05, 3.63) is 51.4 Å². The number of aromatic amines is 1. The fourth-order valence-electron chi connectivity index (χ4n) is 3.61. The van der Waals surface area contributed by atoms with Crippen molar-refractivity contribution >= 4 is 38.6 Å². The highest BCUT2D eigenvalue weighted by atomic mass is 79.9. The molecule has 1 aliphatic rings. The minimum absolute atomic E-state index is 0.0746. The van der Waals surface area contributed by atoms with Crippen LogP contribution in [0.15, 0.2) is 28.7 Å². The number of benzene rings is 1. The van der Waals surface area contributed by atoms with E-state index in [1.54, 1.807) is 16.6 Å². The zero-order chi connectivity index (χ0) is 19.1. The van der Waals surface area contributed by atoms with E-state index >= 15 is 0 Å². The van der Waals surface area contributed by atoms with E-state index in [9.17, 15) is 9.59 Å². The number of aromatic nitrogens is 3. The van der Waals surface area contributed by atoms with Crippen molar-refractivity contribution in [2.45, 2.75) is 19.9 Å². The number of para-hydroxylation sites is 1. The molecule has 0 saturated heterocycles. The van der Waals surface area contributed by atoms with Crippen LogP contribution >= 0.6 is 15.9 Å². The highest BCUT2D eigenvalue weighted by Gasteiger charge is 2.30. The van der Waals surface area contributed by atoms with Crippen LogP contribution in [0.3, 0.4) is 0 Å². The molecule has 1 aliphatic heterocycles. The fraction of sp³-hybridized carbons (Fsp3) is 0.316. The fourth-order valence-corrected chi connectivity index (χ4v) is 4.09. The molecule has 0 saturated carbocycles. The monoisotopic (exact) mass is 429 g/mol. The summed E-state index contributed by atoms with van der Waals surface area (Å²) in [5.74, 6) is -0.230. The first-order valence-corrected chi connectivity index (χ1v) is 9.68. The van der Waals surface area contributed by atoms with Gasteiger partial charge in [0.05, 0.1) is 17.8 Å². The lowest BCUT2D eigenvalue weighted by Crippen LogP contribution is -2.37. The SMILES string of the molecule is CCNC(=O)c1c2c(nn1C)CCN(C(=O)c1cc3cccc(Br)c3[nH]1)C2. The van der Waals surface area contributed by atoms with Crippen molar-refractivity contribution in [2.24, 2.45) is 7.05 Å². The van der Waals surface area contributed by atoms with E-state index < -0.39 is 0 Å². The maximum absolute atomic E-state index is 13.1. The second kappa shape index (κ2) is 6.84. The lowest BCUT2D eigenvalue weighted by Gasteiger charge is -2.26. The van der Waals surface area contributed by atoms with Crippen molar-refractivity contribution in [3.63, 3.8) is 0 Å². The Morgan fingerprint density at radius 2 is 2.19 bits per heavy atom. The molecule has 0 bridgehead atoms. The standard InChI is InChI=1S/C19H20BrN5O2/c1-3-21-18(26)17-12-10-25(8-7-14(12)23-24(17)2)19(27)15-9-11-5-4-6-13(20)16(11)22-15/h4-6,9,22H,3,7-8,10H2,1-2H3,(H,21,26). The second-order valence-corrected chi connectivity index (χ2v) is 7.48. The van der Waals surface area contributed by atoms with Crippen LogP contribution in [0.25, 0.3) is 10.9 Å². The van der Waals surface area contributed by atoms with E-state index in [1.807, 2.05) is 31.2 Å². The molecule has 140 valence electrons. The molecule has 8 heteroatoms. The number of rotatable bonds is 3. The summed E-state index contributed by atoms with van der Waals surface area (Å²) in [5, 5.41) is 8.28. The third kappa shape index (κ3) is 3.03. The molecule has 2 aromatic heterocycles. The lowest BCUT2D eigenvalue weighted by atomic mass is 10.0. The van der Waals surface area contributed by atoms with Crippen molar-refractivity contribution in [3.8, 4) is 0 Å². The molecule has 1 aromatic carbocycles. The van der Waals surface area contributed by atoms with E-state index in [-0.39, 0.29) is 11.8 Å². The molecule has 27 heavy (non-hydrogen) atoms. The van der Waals surface area contributed by atoms with Crippen molar-refractivity contribution in [2.75, 3.05) is 13.1 Å². The maximum Gasteiger partial charge on any atom is 0.270 e. The zero-order valence-corrected chi connectivity index (χ0v) is 16.8. The Morgan fingerprint density at radius 1 is 1.37 bits per heavy atom. The molecular weight excluding hydrogens is 410 g/mol. The highest BCUT2D eigenvalue weighted by molar-refractivity contribution is 9.10. The van der Waals surface area contributed by atoms with Gasteiger partial charge in [0.15, 0.2) is 0 Å². The Bertz CT molecular complexity index is 1050. The van der Waals surface area contributed by atoms with Gasteiger partial charge >= 0.3 is 0 Å². The van der Waals surface area contributed by atoms with Crippen molar-refractivity contribution < 1.29 is 9.59 Å². The Hall–Kier alpha value is -2.61. The van der Waals surface area contributed by atoms with Crippen LogP contribution in [0.5, 0.6) is 0 Å². The number of hydrogen-bond donors (Lipinski definition) is 2. The summed E-state index contributed by atoms with van der Waals surface area (Å²) in [4.78, 5) is 30.4. The Labute approximate surface area is 164 Å². The van der Waals surface area contributed by atoms with Crippen LogP contribution < -0.4 is 5.32 Å². The first kappa shape index (κ1) is 17.8. The molecule has 3 aromatic rings. The summed E-state index contributed by atoms with van der Waals surface area (Å²) in [7, 11) is 1.77. The highest BCUT2D eigenvalue weighted by Crippen LogP contribution is 2.27. The molecule has 0 aliphatic carbocycles. The van der Waals surface area contributed by atoms with E-state index in [0.717, 1.165) is 26.6 Å². The van der Waals surface area contributed by atoms with Crippen molar-refractivity contribution in [1.82, 2.24) is 25.0 Å². The normalized spacial score (nSPS) is 13.7. The van der Waals surface area contributed by atoms with E-state index in [2.05, 4.69) is 31.3 Å². The number of H-pyrrole nitrogens is 1. The lowest BCUT2D eigenvalue weighted by molar-refractivity contribution is 0.0726. The molecule has 3 heterocycles. The second-order valence-electron chi connectivity index (χ2n) is 6.62. The summed E-state index contributed by atoms with van der Waals surface area (Å²) < 4.78 is 2.54. The number of hydrogen-bond acceptors (Lipinski definition) is 3. The number of aryl methyl sites for hydroxylation is 1. The number of carbonyl (C=O) groups is 2. The predicted octanol–water partition coefficient (Wildman–Crippen LogP) is 2.61. The topological polar surface area (TPSA) is 83.0 Å². The number of amides is 2. The van der Waals surface area contributed by atoms with Gasteiger partial charge in [0, 0.05) is 42.0 Å². The molecule has 0 fully saturated rings. The minimum Gasteiger partial charge on any atom is -0.351 e. The van der Waals surface area contributed by atoms with E-state index in [1.165, 1.54) is 0 Å². The van der Waals surface area contributed by atoms with Crippen LogP contribution in [-0.2, 0) is 20.0 Å². The molecule has 2 N–H and O–H groups in total. The molecular formula is C19H20BrN5O2. The number of halogens is 1. The summed E-state index contributed by atoms with van der Waals surface area (Å²) in [6, 6.07) is 7.71. The maximum atomic E-state index is 13.1. The van der Waals surface area contributed by atoms with Gasteiger partial charge in [0.2, 0.25) is 0 Å². The Balaban J connectivity index is 1.64. The van der Waals surface area contributed by atoms with Gasteiger partial charge in [-0.25, -0.2) is 0 Å². The molecule has 2 amide bonds. The average Bonchev–Trinajstić information content (AvgIpc) is 3.22. The van der Waals surface area contributed by atoms with Crippen molar-refractivity contribution in [1.29, 1.82) is 0 Å². The number of nitrogens with zero attached hydrogens (tertiary/aromatic N) is 3. The first-order chi connectivity index (χ1) is 13.0. The summed E-state index contributed by atoms with van der Waals surface area (Å²) in [5.41, 5.74) is 3.71. The van der Waals surface area contributed by atoms with Gasteiger partial charge in [0.1, 0.15) is 11.4 Å². The van der Waals surface area contributed by atoms with Gasteiger partial charge in [-0.2, -0.15) is 5.10 Å². The molecule has 4 rings (SSSR count). The molecule has 0 atom stereocenters. The number of fused-ring (bicyclic) bond motifs is 2. The molecule has 0 unspecified atom stereocenters.